The van der Waals surface area contributed by atoms with E-state index in [0.29, 0.717) is 17.5 Å². The van der Waals surface area contributed by atoms with E-state index < -0.39 is 49.3 Å². The molecule has 1 aromatic carbocycles. The molecule has 8 nitrogen and oxygen atoms in total. The highest BCUT2D eigenvalue weighted by atomic mass is 35.5. The number of aliphatic hydroxyl groups is 1. The first kappa shape index (κ1) is 31.7. The van der Waals surface area contributed by atoms with Crippen molar-refractivity contribution in [2.45, 2.75) is 69.4 Å². The lowest BCUT2D eigenvalue weighted by Crippen LogP contribution is -2.43. The Bertz CT molecular complexity index is 1260. The van der Waals surface area contributed by atoms with Crippen molar-refractivity contribution < 1.29 is 36.2 Å². The normalized spacial score (nSPS) is 14.1. The maximum absolute atomic E-state index is 12.9. The van der Waals surface area contributed by atoms with E-state index in [-0.39, 0.29) is 28.6 Å². The second-order valence-electron chi connectivity index (χ2n) is 9.55. The van der Waals surface area contributed by atoms with Crippen LogP contribution in [0, 0.1) is 0 Å². The molecule has 1 heterocycles. The average Bonchev–Trinajstić information content (AvgIpc) is 3.15. The van der Waals surface area contributed by atoms with Gasteiger partial charge in [0.25, 0.3) is 5.91 Å². The highest BCUT2D eigenvalue weighted by Gasteiger charge is 2.39. The molecular weight excluding hydrogens is 578 g/mol. The quantitative estimate of drug-likeness (QED) is 0.357. The molecule has 0 radical (unpaired) electrons. The molecule has 1 unspecified atom stereocenters. The van der Waals surface area contributed by atoms with Crippen LogP contribution in [0.2, 0.25) is 10.0 Å². The number of rotatable bonds is 10. The number of aromatic nitrogens is 1. The summed E-state index contributed by atoms with van der Waals surface area (Å²) in [6, 6.07) is -0.0361. The van der Waals surface area contributed by atoms with E-state index in [0.717, 1.165) is 17.4 Å². The number of hydrogen-bond donors (Lipinski definition) is 3. The maximum Gasteiger partial charge on any atom is 0.404 e. The minimum atomic E-state index is -4.81. The molecule has 0 fully saturated rings. The number of ether oxygens (including phenoxy) is 1. The molecule has 0 saturated heterocycles. The summed E-state index contributed by atoms with van der Waals surface area (Å²) in [5.74, 6) is -0.554. The molecule has 1 amide bonds. The van der Waals surface area contributed by atoms with Crippen LogP contribution in [0.1, 0.15) is 50.1 Å². The fourth-order valence-corrected chi connectivity index (χ4v) is 6.09. The summed E-state index contributed by atoms with van der Waals surface area (Å²) >= 11 is 13.6. The number of halogens is 5. The predicted octanol–water partition coefficient (Wildman–Crippen LogP) is 4.81. The maximum atomic E-state index is 12.9. The summed E-state index contributed by atoms with van der Waals surface area (Å²) in [6.45, 7) is 7.25. The predicted molar refractivity (Wildman–Crippen MR) is 137 cm³/mol. The van der Waals surface area contributed by atoms with Gasteiger partial charge in [0.2, 0.25) is 10.0 Å². The average molecular weight is 607 g/mol. The molecule has 3 N–H and O–H groups in total. The van der Waals surface area contributed by atoms with Gasteiger partial charge in [0.15, 0.2) is 5.01 Å². The molecule has 2 aromatic rings. The van der Waals surface area contributed by atoms with Gasteiger partial charge in [-0.05, 0) is 40.7 Å². The minimum absolute atomic E-state index is 0.0396. The molecule has 0 aliphatic heterocycles. The number of carbonyl (C=O) groups excluding carboxylic acids is 1. The molecular formula is C22H28Cl2F3N3O5S2. The summed E-state index contributed by atoms with van der Waals surface area (Å²) in [7, 11) is -3.17. The summed E-state index contributed by atoms with van der Waals surface area (Å²) in [5.41, 5.74) is -1.23. The lowest BCUT2D eigenvalue weighted by molar-refractivity contribution is -0.147. The van der Waals surface area contributed by atoms with Crippen LogP contribution >= 0.6 is 34.5 Å². The zero-order chi connectivity index (χ0) is 28.6. The topological polar surface area (TPSA) is 118 Å². The number of thiazole rings is 1. The molecule has 0 aliphatic carbocycles. The number of nitrogens with zero attached hydrogens (tertiary/aromatic N) is 1. The summed E-state index contributed by atoms with van der Waals surface area (Å²) in [6.07, 6.45) is -4.58. The van der Waals surface area contributed by atoms with E-state index >= 15 is 0 Å². The second kappa shape index (κ2) is 11.3. The Kier molecular flexibility index (Phi) is 9.71. The van der Waals surface area contributed by atoms with E-state index in [1.807, 2.05) is 0 Å². The fraction of sp³-hybridized carbons (Fsp3) is 0.545. The van der Waals surface area contributed by atoms with Crippen LogP contribution in [0.3, 0.4) is 0 Å². The van der Waals surface area contributed by atoms with Gasteiger partial charge < -0.3 is 15.2 Å². The van der Waals surface area contributed by atoms with Gasteiger partial charge in [-0.2, -0.15) is 17.9 Å². The van der Waals surface area contributed by atoms with Crippen molar-refractivity contribution in [2.75, 3.05) is 13.7 Å². The standard InChI is InChI=1S/C22H28Cl2F3N3O5S2/c1-11(22(25,26)27)30-37(33,34)14-8-7-12(15(23)16(14)24)17-13(9-21(4,5)35-6)29-19(36-17)18(31)28-10-20(2,3)32/h7-8,11,30,32H,9-10H2,1-6H3,(H,28,31). The third kappa shape index (κ3) is 8.25. The van der Waals surface area contributed by atoms with Gasteiger partial charge >= 0.3 is 6.18 Å². The molecule has 208 valence electrons. The summed E-state index contributed by atoms with van der Waals surface area (Å²) < 4.78 is 70.9. The first-order valence-electron chi connectivity index (χ1n) is 10.8. The molecule has 37 heavy (non-hydrogen) atoms. The smallest absolute Gasteiger partial charge is 0.389 e. The Labute approximate surface area is 227 Å². The van der Waals surface area contributed by atoms with E-state index in [9.17, 15) is 31.5 Å². The van der Waals surface area contributed by atoms with E-state index in [1.165, 1.54) is 31.7 Å². The molecule has 0 spiro atoms. The Morgan fingerprint density at radius 2 is 1.78 bits per heavy atom. The lowest BCUT2D eigenvalue weighted by atomic mass is 10.00. The minimum Gasteiger partial charge on any atom is -0.389 e. The van der Waals surface area contributed by atoms with Crippen LogP contribution in [0.25, 0.3) is 10.4 Å². The van der Waals surface area contributed by atoms with Gasteiger partial charge in [-0.3, -0.25) is 4.79 Å². The highest BCUT2D eigenvalue weighted by molar-refractivity contribution is 7.89. The zero-order valence-electron chi connectivity index (χ0n) is 20.9. The zero-order valence-corrected chi connectivity index (χ0v) is 24.0. The third-order valence-corrected chi connectivity index (χ3v) is 8.83. The molecule has 1 atom stereocenters. The van der Waals surface area contributed by atoms with Crippen LogP contribution in [0.15, 0.2) is 17.0 Å². The second-order valence-corrected chi connectivity index (χ2v) is 13.0. The van der Waals surface area contributed by atoms with Crippen molar-refractivity contribution in [3.8, 4) is 10.4 Å². The molecule has 0 bridgehead atoms. The van der Waals surface area contributed by atoms with E-state index in [1.54, 1.807) is 13.8 Å². The number of amides is 1. The summed E-state index contributed by atoms with van der Waals surface area (Å²) in [5, 5.41) is 11.8. The molecule has 2 rings (SSSR count). The monoisotopic (exact) mass is 605 g/mol. The summed E-state index contributed by atoms with van der Waals surface area (Å²) in [4.78, 5) is 16.9. The highest BCUT2D eigenvalue weighted by Crippen LogP contribution is 2.42. The van der Waals surface area contributed by atoms with Crippen molar-refractivity contribution in [2.24, 2.45) is 0 Å². The van der Waals surface area contributed by atoms with Crippen molar-refractivity contribution in [3.63, 3.8) is 0 Å². The Balaban J connectivity index is 2.57. The van der Waals surface area contributed by atoms with Gasteiger partial charge in [-0.15, -0.1) is 11.3 Å². The van der Waals surface area contributed by atoms with Gasteiger partial charge in [0, 0.05) is 25.6 Å². The number of hydrogen-bond acceptors (Lipinski definition) is 7. The molecule has 0 saturated carbocycles. The van der Waals surface area contributed by atoms with Crippen molar-refractivity contribution >= 4 is 50.5 Å². The van der Waals surface area contributed by atoms with Crippen LogP contribution in [0.4, 0.5) is 13.2 Å². The van der Waals surface area contributed by atoms with Gasteiger partial charge in [0.05, 0.1) is 31.8 Å². The van der Waals surface area contributed by atoms with Gasteiger partial charge in [0.1, 0.15) is 10.9 Å². The van der Waals surface area contributed by atoms with Crippen molar-refractivity contribution in [3.05, 3.63) is 32.9 Å². The van der Waals surface area contributed by atoms with E-state index in [2.05, 4.69) is 10.3 Å². The largest absolute Gasteiger partial charge is 0.404 e. The lowest BCUT2D eigenvalue weighted by Gasteiger charge is -2.22. The number of nitrogens with one attached hydrogen (secondary N) is 2. The van der Waals surface area contributed by atoms with Crippen LogP contribution < -0.4 is 10.0 Å². The first-order chi connectivity index (χ1) is 16.7. The number of sulfonamides is 1. The number of alkyl halides is 3. The van der Waals surface area contributed by atoms with Crippen LogP contribution in [0.5, 0.6) is 0 Å². The molecule has 0 aliphatic rings. The van der Waals surface area contributed by atoms with Crippen LogP contribution in [-0.2, 0) is 21.2 Å². The Morgan fingerprint density at radius 3 is 2.30 bits per heavy atom. The fourth-order valence-electron chi connectivity index (χ4n) is 2.90. The van der Waals surface area contributed by atoms with Crippen molar-refractivity contribution in [1.82, 2.24) is 15.0 Å². The number of carbonyl (C=O) groups is 1. The molecule has 1 aromatic heterocycles. The third-order valence-electron chi connectivity index (χ3n) is 5.12. The molecule has 15 heteroatoms. The number of benzene rings is 1. The number of methoxy groups -OCH3 is 1. The Hall–Kier alpha value is -1.48. The van der Waals surface area contributed by atoms with Gasteiger partial charge in [-0.1, -0.05) is 29.3 Å². The van der Waals surface area contributed by atoms with Crippen molar-refractivity contribution in [1.29, 1.82) is 0 Å². The SMILES string of the molecule is COC(C)(C)Cc1nc(C(=O)NCC(C)(C)O)sc1-c1ccc(S(=O)(=O)NC(C)C(F)(F)F)c(Cl)c1Cl. The van der Waals surface area contributed by atoms with Gasteiger partial charge in [-0.25, -0.2) is 13.4 Å². The Morgan fingerprint density at radius 1 is 1.19 bits per heavy atom. The van der Waals surface area contributed by atoms with E-state index in [4.69, 9.17) is 27.9 Å². The van der Waals surface area contributed by atoms with Crippen LogP contribution in [-0.4, -0.2) is 61.5 Å². The first-order valence-corrected chi connectivity index (χ1v) is 13.9.